The smallest absolute Gasteiger partial charge is 0.256 e. The molecule has 1 aromatic carbocycles. The zero-order valence-corrected chi connectivity index (χ0v) is 11.1. The number of methoxy groups -OCH3 is 1. The minimum atomic E-state index is -0.109. The third kappa shape index (κ3) is 2.44. The lowest BCUT2D eigenvalue weighted by atomic mass is 10.2. The summed E-state index contributed by atoms with van der Waals surface area (Å²) in [6.45, 7) is 4.00. The minimum Gasteiger partial charge on any atom is -0.497 e. The van der Waals surface area contributed by atoms with Gasteiger partial charge in [-0.2, -0.15) is 0 Å². The van der Waals surface area contributed by atoms with Gasteiger partial charge < -0.3 is 9.72 Å². The molecule has 4 heteroatoms. The van der Waals surface area contributed by atoms with Crippen LogP contribution in [0.2, 0.25) is 0 Å². The van der Waals surface area contributed by atoms with E-state index in [1.807, 2.05) is 26.0 Å². The van der Waals surface area contributed by atoms with Crippen LogP contribution < -0.4 is 10.3 Å². The van der Waals surface area contributed by atoms with Crippen molar-refractivity contribution in [3.63, 3.8) is 0 Å². The Balaban J connectivity index is 0.000000606. The van der Waals surface area contributed by atoms with Gasteiger partial charge in [0.25, 0.3) is 5.56 Å². The van der Waals surface area contributed by atoms with Crippen LogP contribution in [0.1, 0.15) is 13.8 Å². The van der Waals surface area contributed by atoms with Crippen molar-refractivity contribution in [3.05, 3.63) is 39.2 Å². The molecule has 1 aromatic heterocycles. The van der Waals surface area contributed by atoms with E-state index in [1.54, 1.807) is 19.4 Å². The Bertz CT molecular complexity index is 534. The van der Waals surface area contributed by atoms with Crippen molar-refractivity contribution in [1.29, 1.82) is 0 Å². The van der Waals surface area contributed by atoms with Crippen molar-refractivity contribution >= 4 is 26.7 Å². The first-order chi connectivity index (χ1) is 7.72. The lowest BCUT2D eigenvalue weighted by Gasteiger charge is -2.02. The average Bonchev–Trinajstić information content (AvgIpc) is 2.36. The fraction of sp³-hybridized carbons (Fsp3) is 0.250. The minimum absolute atomic E-state index is 0.109. The van der Waals surface area contributed by atoms with Gasteiger partial charge in [0.1, 0.15) is 5.75 Å². The fourth-order valence-corrected chi connectivity index (χ4v) is 1.79. The third-order valence-corrected chi connectivity index (χ3v) is 2.71. The Hall–Kier alpha value is -1.29. The van der Waals surface area contributed by atoms with Crippen LogP contribution in [0, 0.1) is 0 Å². The van der Waals surface area contributed by atoms with E-state index in [0.717, 1.165) is 9.86 Å². The Morgan fingerprint density at radius 1 is 1.25 bits per heavy atom. The monoisotopic (exact) mass is 283 g/mol. The molecule has 0 amide bonds. The van der Waals surface area contributed by atoms with Crippen molar-refractivity contribution < 1.29 is 4.74 Å². The molecule has 0 saturated heterocycles. The Morgan fingerprint density at radius 3 is 2.56 bits per heavy atom. The molecule has 86 valence electrons. The molecule has 0 aliphatic rings. The molecule has 2 rings (SSSR count). The number of nitrogens with one attached hydrogen (secondary N) is 1. The van der Waals surface area contributed by atoms with Crippen molar-refractivity contribution in [1.82, 2.24) is 4.98 Å². The molecule has 0 unspecified atom stereocenters. The van der Waals surface area contributed by atoms with Gasteiger partial charge >= 0.3 is 0 Å². The number of aromatic amines is 1. The Labute approximate surface area is 103 Å². The van der Waals surface area contributed by atoms with Gasteiger partial charge in [0.15, 0.2) is 0 Å². The van der Waals surface area contributed by atoms with Crippen LogP contribution in [0.15, 0.2) is 33.7 Å². The van der Waals surface area contributed by atoms with E-state index in [1.165, 1.54) is 0 Å². The number of pyridine rings is 1. The lowest BCUT2D eigenvalue weighted by Crippen LogP contribution is -2.05. The van der Waals surface area contributed by atoms with Gasteiger partial charge in [-0.3, -0.25) is 4.79 Å². The number of hydrogen-bond acceptors (Lipinski definition) is 2. The van der Waals surface area contributed by atoms with Gasteiger partial charge in [-0.15, -0.1) is 0 Å². The second kappa shape index (κ2) is 5.70. The normalized spacial score (nSPS) is 9.50. The van der Waals surface area contributed by atoms with Crippen molar-refractivity contribution in [2.75, 3.05) is 7.11 Å². The highest BCUT2D eigenvalue weighted by atomic mass is 79.9. The number of aromatic nitrogens is 1. The van der Waals surface area contributed by atoms with E-state index in [0.29, 0.717) is 11.1 Å². The zero-order valence-electron chi connectivity index (χ0n) is 9.50. The van der Waals surface area contributed by atoms with E-state index in [2.05, 4.69) is 20.9 Å². The molecule has 0 saturated carbocycles. The molecule has 0 aliphatic carbocycles. The largest absolute Gasteiger partial charge is 0.497 e. The Morgan fingerprint density at radius 2 is 1.94 bits per heavy atom. The van der Waals surface area contributed by atoms with E-state index < -0.39 is 0 Å². The number of benzene rings is 1. The predicted molar refractivity (Wildman–Crippen MR) is 70.2 cm³/mol. The predicted octanol–water partition coefficient (Wildman–Crippen LogP) is 3.33. The molecule has 0 radical (unpaired) electrons. The summed E-state index contributed by atoms with van der Waals surface area (Å²) in [6.07, 6.45) is 1.64. The quantitative estimate of drug-likeness (QED) is 0.872. The van der Waals surface area contributed by atoms with Crippen LogP contribution in [0.25, 0.3) is 10.8 Å². The molecule has 0 fully saturated rings. The number of ether oxygens (including phenoxy) is 1. The number of hydrogen-bond donors (Lipinski definition) is 1. The van der Waals surface area contributed by atoms with Gasteiger partial charge in [0, 0.05) is 16.1 Å². The van der Waals surface area contributed by atoms with Crippen molar-refractivity contribution in [3.8, 4) is 5.75 Å². The summed E-state index contributed by atoms with van der Waals surface area (Å²) in [5, 5.41) is 1.51. The third-order valence-electron chi connectivity index (χ3n) is 2.06. The van der Waals surface area contributed by atoms with Gasteiger partial charge in [0.2, 0.25) is 0 Å². The molecule has 0 spiro atoms. The standard InChI is InChI=1S/C10H8BrNO2.C2H6/c1-14-6-2-3-7-8(4-6)10(13)12-5-9(7)11;1-2/h2-5H,1H3,(H,12,13);1-2H3. The molecule has 1 heterocycles. The number of H-pyrrole nitrogens is 1. The fourth-order valence-electron chi connectivity index (χ4n) is 1.33. The Kier molecular flexibility index (Phi) is 4.55. The van der Waals surface area contributed by atoms with E-state index in [-0.39, 0.29) is 5.56 Å². The molecule has 0 bridgehead atoms. The highest BCUT2D eigenvalue weighted by Gasteiger charge is 2.03. The van der Waals surface area contributed by atoms with Gasteiger partial charge in [-0.1, -0.05) is 13.8 Å². The van der Waals surface area contributed by atoms with E-state index in [9.17, 15) is 4.79 Å². The summed E-state index contributed by atoms with van der Waals surface area (Å²) in [5.41, 5.74) is -0.109. The topological polar surface area (TPSA) is 42.1 Å². The van der Waals surface area contributed by atoms with E-state index >= 15 is 0 Å². The van der Waals surface area contributed by atoms with Crippen LogP contribution >= 0.6 is 15.9 Å². The summed E-state index contributed by atoms with van der Waals surface area (Å²) in [7, 11) is 1.58. The second-order valence-electron chi connectivity index (χ2n) is 2.88. The highest BCUT2D eigenvalue weighted by Crippen LogP contribution is 2.23. The average molecular weight is 284 g/mol. The first-order valence-electron chi connectivity index (χ1n) is 5.07. The summed E-state index contributed by atoms with van der Waals surface area (Å²) >= 11 is 3.37. The SMILES string of the molecule is CC.COc1ccc2c(Br)c[nH]c(=O)c2c1. The molecule has 16 heavy (non-hydrogen) atoms. The summed E-state index contributed by atoms with van der Waals surface area (Å²) in [6, 6.07) is 5.40. The van der Waals surface area contributed by atoms with Crippen molar-refractivity contribution in [2.45, 2.75) is 13.8 Å². The van der Waals surface area contributed by atoms with Crippen LogP contribution in [-0.4, -0.2) is 12.1 Å². The molecular weight excluding hydrogens is 270 g/mol. The van der Waals surface area contributed by atoms with Crippen LogP contribution in [0.5, 0.6) is 5.75 Å². The molecular formula is C12H14BrNO2. The van der Waals surface area contributed by atoms with Crippen molar-refractivity contribution in [2.24, 2.45) is 0 Å². The number of fused-ring (bicyclic) bond motifs is 1. The second-order valence-corrected chi connectivity index (χ2v) is 3.73. The van der Waals surface area contributed by atoms with Crippen LogP contribution in [-0.2, 0) is 0 Å². The number of halogens is 1. The first-order valence-corrected chi connectivity index (χ1v) is 5.86. The zero-order chi connectivity index (χ0) is 12.1. The lowest BCUT2D eigenvalue weighted by molar-refractivity contribution is 0.415. The van der Waals surface area contributed by atoms with Gasteiger partial charge in [-0.25, -0.2) is 0 Å². The summed E-state index contributed by atoms with van der Waals surface area (Å²) in [4.78, 5) is 14.1. The van der Waals surface area contributed by atoms with Crippen LogP contribution in [0.3, 0.4) is 0 Å². The number of rotatable bonds is 1. The van der Waals surface area contributed by atoms with Gasteiger partial charge in [-0.05, 0) is 34.1 Å². The maximum atomic E-state index is 11.5. The van der Waals surface area contributed by atoms with Crippen LogP contribution in [0.4, 0.5) is 0 Å². The highest BCUT2D eigenvalue weighted by molar-refractivity contribution is 9.10. The molecule has 0 aliphatic heterocycles. The van der Waals surface area contributed by atoms with E-state index in [4.69, 9.17) is 4.74 Å². The maximum Gasteiger partial charge on any atom is 0.256 e. The molecule has 1 N–H and O–H groups in total. The summed E-state index contributed by atoms with van der Waals surface area (Å²) < 4.78 is 5.92. The molecule has 3 nitrogen and oxygen atoms in total. The first kappa shape index (κ1) is 12.8. The molecule has 0 atom stereocenters. The van der Waals surface area contributed by atoms with Gasteiger partial charge in [0.05, 0.1) is 12.5 Å². The summed E-state index contributed by atoms with van der Waals surface area (Å²) in [5.74, 6) is 0.682. The maximum absolute atomic E-state index is 11.5. The molecule has 2 aromatic rings.